The highest BCUT2D eigenvalue weighted by Crippen LogP contribution is 2.20. The average Bonchev–Trinajstić information content (AvgIpc) is 2.93. The molecule has 102 valence electrons. The first-order valence-electron chi connectivity index (χ1n) is 6.15. The number of nitrogens with one attached hydrogen (secondary N) is 1. The Morgan fingerprint density at radius 1 is 1.40 bits per heavy atom. The molecule has 2 heterocycles. The molecular weight excluding hydrogens is 276 g/mol. The second-order valence-corrected chi connectivity index (χ2v) is 4.69. The maximum Gasteiger partial charge on any atom is 0.260 e. The van der Waals surface area contributed by atoms with E-state index < -0.39 is 0 Å². The maximum absolute atomic E-state index is 5.95. The van der Waals surface area contributed by atoms with Crippen LogP contribution in [0.3, 0.4) is 0 Å². The fourth-order valence-corrected chi connectivity index (χ4v) is 2.11. The smallest absolute Gasteiger partial charge is 0.260 e. The molecule has 1 aromatic carbocycles. The predicted octanol–water partition coefficient (Wildman–Crippen LogP) is 3.00. The van der Waals surface area contributed by atoms with Crippen LogP contribution in [0, 0.1) is 0 Å². The van der Waals surface area contributed by atoms with Gasteiger partial charge < -0.3 is 10.1 Å². The van der Waals surface area contributed by atoms with E-state index in [1.807, 2.05) is 48.1 Å². The highest BCUT2D eigenvalue weighted by molar-refractivity contribution is 6.30. The summed E-state index contributed by atoms with van der Waals surface area (Å²) in [6, 6.07) is 7.55. The van der Waals surface area contributed by atoms with Gasteiger partial charge in [0.1, 0.15) is 12.4 Å². The van der Waals surface area contributed by atoms with Gasteiger partial charge in [0.25, 0.3) is 5.88 Å². The molecule has 0 aliphatic carbocycles. The molecule has 6 heteroatoms. The Bertz CT molecular complexity index is 741. The molecule has 3 rings (SSSR count). The Morgan fingerprint density at radius 3 is 3.10 bits per heavy atom. The number of imidazole rings is 1. The van der Waals surface area contributed by atoms with Gasteiger partial charge >= 0.3 is 0 Å². The third-order valence-corrected chi connectivity index (χ3v) is 3.10. The summed E-state index contributed by atoms with van der Waals surface area (Å²) in [5.41, 5.74) is 1.67. The van der Waals surface area contributed by atoms with Crippen molar-refractivity contribution < 1.29 is 4.74 Å². The number of rotatable bonds is 4. The van der Waals surface area contributed by atoms with Gasteiger partial charge in [-0.15, -0.1) is 0 Å². The number of fused-ring (bicyclic) bond motifs is 1. The SMILES string of the molecule is CNc1cn2ccnc2c(OCc2cccc(Cl)c2)n1. The summed E-state index contributed by atoms with van der Waals surface area (Å²) in [5.74, 6) is 1.21. The minimum absolute atomic E-state index is 0.392. The Balaban J connectivity index is 1.88. The van der Waals surface area contributed by atoms with Crippen molar-refractivity contribution >= 4 is 23.1 Å². The number of anilines is 1. The van der Waals surface area contributed by atoms with Gasteiger partial charge in [0.2, 0.25) is 5.65 Å². The third-order valence-electron chi connectivity index (χ3n) is 2.86. The van der Waals surface area contributed by atoms with Crippen LogP contribution >= 0.6 is 11.6 Å². The van der Waals surface area contributed by atoms with Crippen LogP contribution in [0.5, 0.6) is 5.88 Å². The van der Waals surface area contributed by atoms with Crippen molar-refractivity contribution in [3.63, 3.8) is 0 Å². The Morgan fingerprint density at radius 2 is 2.30 bits per heavy atom. The van der Waals surface area contributed by atoms with Crippen LogP contribution < -0.4 is 10.1 Å². The number of aromatic nitrogens is 3. The van der Waals surface area contributed by atoms with Crippen LogP contribution in [0.4, 0.5) is 5.82 Å². The molecule has 20 heavy (non-hydrogen) atoms. The zero-order valence-electron chi connectivity index (χ0n) is 10.9. The molecule has 0 saturated carbocycles. The van der Waals surface area contributed by atoms with E-state index in [0.29, 0.717) is 23.2 Å². The summed E-state index contributed by atoms with van der Waals surface area (Å²) in [4.78, 5) is 8.62. The van der Waals surface area contributed by atoms with Crippen LogP contribution in [0.1, 0.15) is 5.56 Å². The minimum atomic E-state index is 0.392. The lowest BCUT2D eigenvalue weighted by molar-refractivity contribution is 0.296. The van der Waals surface area contributed by atoms with E-state index in [-0.39, 0.29) is 0 Å². The molecule has 0 unspecified atom stereocenters. The molecular formula is C14H13ClN4O. The fraction of sp³-hybridized carbons (Fsp3) is 0.143. The lowest BCUT2D eigenvalue weighted by atomic mass is 10.2. The van der Waals surface area contributed by atoms with Crippen molar-refractivity contribution in [2.75, 3.05) is 12.4 Å². The van der Waals surface area contributed by atoms with Gasteiger partial charge in [-0.3, -0.25) is 4.40 Å². The number of ether oxygens (including phenoxy) is 1. The van der Waals surface area contributed by atoms with Crippen LogP contribution in [0.2, 0.25) is 5.02 Å². The Hall–Kier alpha value is -2.27. The van der Waals surface area contributed by atoms with E-state index in [4.69, 9.17) is 16.3 Å². The van der Waals surface area contributed by atoms with E-state index in [2.05, 4.69) is 15.3 Å². The summed E-state index contributed by atoms with van der Waals surface area (Å²) in [6.45, 7) is 0.392. The summed E-state index contributed by atoms with van der Waals surface area (Å²) >= 11 is 5.95. The molecule has 0 aliphatic heterocycles. The summed E-state index contributed by atoms with van der Waals surface area (Å²) in [5, 5.41) is 3.68. The average molecular weight is 289 g/mol. The van der Waals surface area contributed by atoms with Crippen molar-refractivity contribution in [1.82, 2.24) is 14.4 Å². The minimum Gasteiger partial charge on any atom is -0.470 e. The van der Waals surface area contributed by atoms with Crippen LogP contribution in [0.25, 0.3) is 5.65 Å². The fourth-order valence-electron chi connectivity index (χ4n) is 1.90. The highest BCUT2D eigenvalue weighted by atomic mass is 35.5. The molecule has 0 atom stereocenters. The molecule has 5 nitrogen and oxygen atoms in total. The zero-order chi connectivity index (χ0) is 13.9. The van der Waals surface area contributed by atoms with E-state index in [9.17, 15) is 0 Å². The van der Waals surface area contributed by atoms with Crippen LogP contribution in [-0.4, -0.2) is 21.4 Å². The van der Waals surface area contributed by atoms with E-state index in [0.717, 1.165) is 11.4 Å². The Labute approximate surface area is 121 Å². The summed E-state index contributed by atoms with van der Waals surface area (Å²) in [7, 11) is 1.81. The molecule has 0 radical (unpaired) electrons. The molecule has 0 amide bonds. The molecule has 0 saturated heterocycles. The monoisotopic (exact) mass is 288 g/mol. The second kappa shape index (κ2) is 5.38. The number of nitrogens with zero attached hydrogens (tertiary/aromatic N) is 3. The quantitative estimate of drug-likeness (QED) is 0.802. The van der Waals surface area contributed by atoms with Crippen LogP contribution in [-0.2, 0) is 6.61 Å². The van der Waals surface area contributed by atoms with E-state index in [1.165, 1.54) is 0 Å². The molecule has 0 aliphatic rings. The van der Waals surface area contributed by atoms with Gasteiger partial charge in [-0.1, -0.05) is 23.7 Å². The van der Waals surface area contributed by atoms with Crippen molar-refractivity contribution in [2.24, 2.45) is 0 Å². The lowest BCUT2D eigenvalue weighted by Crippen LogP contribution is -2.03. The third kappa shape index (κ3) is 2.53. The van der Waals surface area contributed by atoms with Gasteiger partial charge in [0.15, 0.2) is 0 Å². The molecule has 0 spiro atoms. The van der Waals surface area contributed by atoms with Gasteiger partial charge in [0, 0.05) is 24.5 Å². The largest absolute Gasteiger partial charge is 0.470 e. The molecule has 0 fully saturated rings. The summed E-state index contributed by atoms with van der Waals surface area (Å²) in [6.07, 6.45) is 5.42. The number of halogens is 1. The van der Waals surface area contributed by atoms with Crippen molar-refractivity contribution in [1.29, 1.82) is 0 Å². The zero-order valence-corrected chi connectivity index (χ0v) is 11.6. The first-order chi connectivity index (χ1) is 9.76. The lowest BCUT2D eigenvalue weighted by Gasteiger charge is -2.09. The standard InChI is InChI=1S/C14H13ClN4O/c1-16-12-8-19-6-5-17-13(19)14(18-12)20-9-10-3-2-4-11(15)7-10/h2-8,16H,9H2,1H3. The van der Waals surface area contributed by atoms with Gasteiger partial charge in [0.05, 0.1) is 6.20 Å². The predicted molar refractivity (Wildman–Crippen MR) is 78.3 cm³/mol. The van der Waals surface area contributed by atoms with Crippen molar-refractivity contribution in [3.8, 4) is 5.88 Å². The first-order valence-corrected chi connectivity index (χ1v) is 6.53. The van der Waals surface area contributed by atoms with Crippen LogP contribution in [0.15, 0.2) is 42.9 Å². The number of hydrogen-bond donors (Lipinski definition) is 1. The molecule has 2 aromatic heterocycles. The summed E-state index contributed by atoms with van der Waals surface area (Å²) < 4.78 is 7.64. The maximum atomic E-state index is 5.95. The topological polar surface area (TPSA) is 51.5 Å². The van der Waals surface area contributed by atoms with Crippen molar-refractivity contribution in [2.45, 2.75) is 6.61 Å². The van der Waals surface area contributed by atoms with E-state index in [1.54, 1.807) is 6.20 Å². The Kier molecular flexibility index (Phi) is 3.43. The normalized spacial score (nSPS) is 10.7. The molecule has 3 aromatic rings. The highest BCUT2D eigenvalue weighted by Gasteiger charge is 2.08. The van der Waals surface area contributed by atoms with E-state index >= 15 is 0 Å². The van der Waals surface area contributed by atoms with Gasteiger partial charge in [-0.05, 0) is 17.7 Å². The molecule has 1 N–H and O–H groups in total. The van der Waals surface area contributed by atoms with Crippen molar-refractivity contribution in [3.05, 3.63) is 53.4 Å². The van der Waals surface area contributed by atoms with Gasteiger partial charge in [-0.25, -0.2) is 4.98 Å². The second-order valence-electron chi connectivity index (χ2n) is 4.26. The number of hydrogen-bond acceptors (Lipinski definition) is 4. The first kappa shape index (κ1) is 12.7. The molecule has 0 bridgehead atoms. The number of benzene rings is 1. The van der Waals surface area contributed by atoms with Gasteiger partial charge in [-0.2, -0.15) is 4.98 Å².